The van der Waals surface area contributed by atoms with Crippen molar-refractivity contribution >= 4 is 23.1 Å². The van der Waals surface area contributed by atoms with Gasteiger partial charge >= 0.3 is 0 Å². The quantitative estimate of drug-likeness (QED) is 0.351. The van der Waals surface area contributed by atoms with Crippen LogP contribution in [0.25, 0.3) is 5.76 Å². The van der Waals surface area contributed by atoms with Gasteiger partial charge in [-0.2, -0.15) is 0 Å². The Labute approximate surface area is 189 Å². The molecule has 8 heteroatoms. The molecule has 1 fully saturated rings. The highest BCUT2D eigenvalue weighted by atomic mass is 16.7. The lowest BCUT2D eigenvalue weighted by atomic mass is 9.99. The number of anilines is 1. The van der Waals surface area contributed by atoms with Gasteiger partial charge in [0.05, 0.1) is 17.9 Å². The summed E-state index contributed by atoms with van der Waals surface area (Å²) in [5.74, 6) is 0.0970. The molecule has 1 aromatic heterocycles. The Balaban J connectivity index is 1.61. The first kappa shape index (κ1) is 20.7. The van der Waals surface area contributed by atoms with Crippen molar-refractivity contribution < 1.29 is 33.3 Å². The van der Waals surface area contributed by atoms with Gasteiger partial charge in [0.15, 0.2) is 11.5 Å². The first-order chi connectivity index (χ1) is 15.9. The maximum absolute atomic E-state index is 13.1. The van der Waals surface area contributed by atoms with E-state index >= 15 is 0 Å². The Morgan fingerprint density at radius 2 is 1.82 bits per heavy atom. The highest BCUT2D eigenvalue weighted by molar-refractivity contribution is 6.51. The molecular weight excluding hydrogens is 426 g/mol. The number of aliphatic hydroxyl groups excluding tert-OH is 1. The third-order valence-corrected chi connectivity index (χ3v) is 5.39. The van der Waals surface area contributed by atoms with Crippen molar-refractivity contribution in [2.24, 2.45) is 0 Å². The van der Waals surface area contributed by atoms with Crippen molar-refractivity contribution in [2.75, 3.05) is 11.7 Å². The second-order valence-corrected chi connectivity index (χ2v) is 7.91. The minimum atomic E-state index is -0.952. The number of furan rings is 1. The van der Waals surface area contributed by atoms with Crippen LogP contribution in [0.3, 0.4) is 0 Å². The van der Waals surface area contributed by atoms with Crippen LogP contribution in [0.5, 0.6) is 17.2 Å². The number of ether oxygens (including phenoxy) is 3. The van der Waals surface area contributed by atoms with Crippen LogP contribution in [0.4, 0.5) is 5.69 Å². The lowest BCUT2D eigenvalue weighted by molar-refractivity contribution is -0.132. The standard InChI is InChI=1S/C25H21NO7/c1-14(2)33-17-8-5-15(6-9-17)23(27)21-22(19-4-3-11-30-19)26(25(29)24(21)28)16-7-10-18-20(12-16)32-13-31-18/h3-12,14,22,27H,13H2,1-2H3/b23-21-. The Kier molecular flexibility index (Phi) is 5.05. The van der Waals surface area contributed by atoms with E-state index in [4.69, 9.17) is 18.6 Å². The van der Waals surface area contributed by atoms with Gasteiger partial charge < -0.3 is 23.7 Å². The van der Waals surface area contributed by atoms with Crippen molar-refractivity contribution in [3.8, 4) is 17.2 Å². The van der Waals surface area contributed by atoms with Crippen LogP contribution in [0, 0.1) is 0 Å². The fourth-order valence-corrected chi connectivity index (χ4v) is 3.97. The summed E-state index contributed by atoms with van der Waals surface area (Å²) in [6.07, 6.45) is 1.45. The largest absolute Gasteiger partial charge is 0.507 e. The third kappa shape index (κ3) is 3.59. The molecule has 1 unspecified atom stereocenters. The number of Topliss-reactive ketones (excluding diaryl/α,β-unsaturated/α-hetero) is 1. The molecule has 2 aliphatic rings. The molecule has 1 saturated heterocycles. The Hall–Kier alpha value is -4.20. The number of aliphatic hydroxyl groups is 1. The van der Waals surface area contributed by atoms with Gasteiger partial charge in [0, 0.05) is 17.3 Å². The molecule has 0 saturated carbocycles. The molecule has 33 heavy (non-hydrogen) atoms. The van der Waals surface area contributed by atoms with Crippen LogP contribution < -0.4 is 19.1 Å². The predicted molar refractivity (Wildman–Crippen MR) is 118 cm³/mol. The molecule has 5 rings (SSSR count). The normalized spacial score (nSPS) is 18.9. The van der Waals surface area contributed by atoms with E-state index in [0.717, 1.165) is 0 Å². The average Bonchev–Trinajstić information content (AvgIpc) is 3.53. The van der Waals surface area contributed by atoms with Gasteiger partial charge in [0.2, 0.25) is 6.79 Å². The second-order valence-electron chi connectivity index (χ2n) is 7.91. The number of rotatable bonds is 5. The van der Waals surface area contributed by atoms with Crippen LogP contribution in [-0.4, -0.2) is 29.7 Å². The van der Waals surface area contributed by atoms with Crippen molar-refractivity contribution in [3.05, 3.63) is 77.8 Å². The van der Waals surface area contributed by atoms with Gasteiger partial charge in [0.25, 0.3) is 11.7 Å². The zero-order chi connectivity index (χ0) is 23.1. The maximum atomic E-state index is 13.1. The summed E-state index contributed by atoms with van der Waals surface area (Å²) in [4.78, 5) is 27.6. The van der Waals surface area contributed by atoms with Gasteiger partial charge in [-0.3, -0.25) is 14.5 Å². The Morgan fingerprint density at radius 3 is 2.52 bits per heavy atom. The molecule has 1 amide bonds. The summed E-state index contributed by atoms with van der Waals surface area (Å²) in [7, 11) is 0. The number of carbonyl (C=O) groups is 2. The fraction of sp³-hybridized carbons (Fsp3) is 0.200. The van der Waals surface area contributed by atoms with Gasteiger partial charge in [-0.1, -0.05) is 0 Å². The van der Waals surface area contributed by atoms with Crippen molar-refractivity contribution in [3.63, 3.8) is 0 Å². The maximum Gasteiger partial charge on any atom is 0.300 e. The van der Waals surface area contributed by atoms with Crippen molar-refractivity contribution in [1.82, 2.24) is 0 Å². The topological polar surface area (TPSA) is 98.4 Å². The number of nitrogens with zero attached hydrogens (tertiary/aromatic N) is 1. The Bertz CT molecular complexity index is 1240. The number of amides is 1. The molecular formula is C25H21NO7. The number of hydrogen-bond donors (Lipinski definition) is 1. The number of ketones is 1. The van der Waals surface area contributed by atoms with E-state index in [2.05, 4.69) is 0 Å². The molecule has 0 bridgehead atoms. The molecule has 0 aliphatic carbocycles. The molecule has 2 aliphatic heterocycles. The number of benzene rings is 2. The van der Waals surface area contributed by atoms with Gasteiger partial charge in [-0.05, 0) is 62.4 Å². The molecule has 0 radical (unpaired) electrons. The predicted octanol–water partition coefficient (Wildman–Crippen LogP) is 4.42. The number of fused-ring (bicyclic) bond motifs is 1. The average molecular weight is 447 g/mol. The summed E-state index contributed by atoms with van der Waals surface area (Å²) in [5, 5.41) is 11.1. The van der Waals surface area contributed by atoms with Gasteiger partial charge in [-0.25, -0.2) is 0 Å². The van der Waals surface area contributed by atoms with Crippen molar-refractivity contribution in [1.29, 1.82) is 0 Å². The molecule has 8 nitrogen and oxygen atoms in total. The van der Waals surface area contributed by atoms with Gasteiger partial charge in [0.1, 0.15) is 23.3 Å². The SMILES string of the molecule is CC(C)Oc1ccc(/C(O)=C2/C(=O)C(=O)N(c3ccc4c(c3)OCO4)C2c2ccco2)cc1. The van der Waals surface area contributed by atoms with Crippen LogP contribution in [-0.2, 0) is 9.59 Å². The molecule has 0 spiro atoms. The number of hydrogen-bond acceptors (Lipinski definition) is 7. The first-order valence-corrected chi connectivity index (χ1v) is 10.4. The van der Waals surface area contributed by atoms with Crippen LogP contribution in [0.1, 0.15) is 31.2 Å². The Morgan fingerprint density at radius 1 is 1.06 bits per heavy atom. The van der Waals surface area contributed by atoms with E-state index in [1.807, 2.05) is 13.8 Å². The summed E-state index contributed by atoms with van der Waals surface area (Å²) >= 11 is 0. The van der Waals surface area contributed by atoms with E-state index in [0.29, 0.717) is 34.3 Å². The minimum Gasteiger partial charge on any atom is -0.507 e. The van der Waals surface area contributed by atoms with E-state index < -0.39 is 17.7 Å². The molecule has 168 valence electrons. The van der Waals surface area contributed by atoms with E-state index in [1.165, 1.54) is 11.2 Å². The first-order valence-electron chi connectivity index (χ1n) is 10.4. The molecule has 1 N–H and O–H groups in total. The lowest BCUT2D eigenvalue weighted by Gasteiger charge is -2.23. The van der Waals surface area contributed by atoms with E-state index in [1.54, 1.807) is 54.6 Å². The summed E-state index contributed by atoms with van der Waals surface area (Å²) in [5.41, 5.74) is 0.735. The lowest BCUT2D eigenvalue weighted by Crippen LogP contribution is -2.29. The molecule has 3 heterocycles. The van der Waals surface area contributed by atoms with E-state index in [9.17, 15) is 14.7 Å². The van der Waals surface area contributed by atoms with Crippen LogP contribution >= 0.6 is 0 Å². The highest BCUT2D eigenvalue weighted by Crippen LogP contribution is 2.45. The zero-order valence-corrected chi connectivity index (χ0v) is 18.0. The molecule has 1 atom stereocenters. The fourth-order valence-electron chi connectivity index (χ4n) is 3.97. The summed E-state index contributed by atoms with van der Waals surface area (Å²) in [6.45, 7) is 3.90. The number of carbonyl (C=O) groups excluding carboxylic acids is 2. The second kappa shape index (κ2) is 8.05. The third-order valence-electron chi connectivity index (χ3n) is 5.39. The van der Waals surface area contributed by atoms with Crippen molar-refractivity contribution in [2.45, 2.75) is 26.0 Å². The van der Waals surface area contributed by atoms with E-state index in [-0.39, 0.29) is 24.2 Å². The van der Waals surface area contributed by atoms with Crippen LogP contribution in [0.2, 0.25) is 0 Å². The van der Waals surface area contributed by atoms with Gasteiger partial charge in [-0.15, -0.1) is 0 Å². The minimum absolute atomic E-state index is 0.00424. The highest BCUT2D eigenvalue weighted by Gasteiger charge is 2.48. The molecule has 3 aromatic rings. The molecule has 2 aromatic carbocycles. The smallest absolute Gasteiger partial charge is 0.300 e. The summed E-state index contributed by atoms with van der Waals surface area (Å²) < 4.78 is 22.0. The van der Waals surface area contributed by atoms with Crippen LogP contribution in [0.15, 0.2) is 70.9 Å². The monoisotopic (exact) mass is 447 g/mol. The summed E-state index contributed by atoms with van der Waals surface area (Å²) in [6, 6.07) is 14.0. The zero-order valence-electron chi connectivity index (χ0n) is 18.0.